The Balaban J connectivity index is 1.65. The van der Waals surface area contributed by atoms with Crippen LogP contribution in [0.4, 0.5) is 8.78 Å². The molecule has 0 aliphatic carbocycles. The van der Waals surface area contributed by atoms with E-state index in [-0.39, 0.29) is 36.9 Å². The van der Waals surface area contributed by atoms with Gasteiger partial charge in [-0.3, -0.25) is 0 Å². The van der Waals surface area contributed by atoms with Gasteiger partial charge < -0.3 is 10.5 Å². The van der Waals surface area contributed by atoms with Gasteiger partial charge >= 0.3 is 0 Å². The molecule has 156 valence electrons. The summed E-state index contributed by atoms with van der Waals surface area (Å²) in [5.41, 5.74) is 5.77. The van der Waals surface area contributed by atoms with Gasteiger partial charge in [0.15, 0.2) is 0 Å². The Morgan fingerprint density at radius 2 is 1.83 bits per heavy atom. The number of nitrogens with zero attached hydrogens (tertiary/aromatic N) is 1. The molecule has 0 amide bonds. The van der Waals surface area contributed by atoms with Crippen LogP contribution in [0.3, 0.4) is 0 Å². The monoisotopic (exact) mass is 422 g/mol. The molecule has 2 N–H and O–H groups in total. The fourth-order valence-electron chi connectivity index (χ4n) is 4.09. The Morgan fingerprint density at radius 3 is 2.45 bits per heavy atom. The van der Waals surface area contributed by atoms with Crippen molar-refractivity contribution in [1.29, 1.82) is 0 Å². The summed E-state index contributed by atoms with van der Waals surface area (Å²) in [7, 11) is -3.73. The number of benzene rings is 2. The standard InChI is InChI=1S/C21H24F2N2O3S/c1-14-7-8-20(15-5-3-2-4-6-15)29(26,27)25(14)11-16-9-19(23)17(10-18(16)22)21(24)12-28-13-21/h2-6,9-10,14,20H,7-8,11-13,24H2,1H3. The maximum atomic E-state index is 14.8. The van der Waals surface area contributed by atoms with Crippen LogP contribution < -0.4 is 5.73 Å². The lowest BCUT2D eigenvalue weighted by atomic mass is 9.88. The quantitative estimate of drug-likeness (QED) is 0.821. The van der Waals surface area contributed by atoms with Gasteiger partial charge in [-0.25, -0.2) is 17.2 Å². The maximum absolute atomic E-state index is 14.8. The minimum atomic E-state index is -3.73. The first-order valence-electron chi connectivity index (χ1n) is 9.63. The molecule has 8 heteroatoms. The Kier molecular flexibility index (Phi) is 5.23. The van der Waals surface area contributed by atoms with E-state index >= 15 is 0 Å². The first kappa shape index (κ1) is 20.4. The molecule has 2 heterocycles. The summed E-state index contributed by atoms with van der Waals surface area (Å²) in [5.74, 6) is -1.31. The predicted octanol–water partition coefficient (Wildman–Crippen LogP) is 3.20. The SMILES string of the molecule is CC1CCC(c2ccccc2)S(=O)(=O)N1Cc1cc(F)c(C2(N)COC2)cc1F. The van der Waals surface area contributed by atoms with Crippen molar-refractivity contribution in [2.24, 2.45) is 5.73 Å². The zero-order chi connectivity index (χ0) is 20.8. The molecule has 29 heavy (non-hydrogen) atoms. The highest BCUT2D eigenvalue weighted by Gasteiger charge is 2.42. The lowest BCUT2D eigenvalue weighted by Gasteiger charge is -2.39. The van der Waals surface area contributed by atoms with Gasteiger partial charge in [-0.05, 0) is 37.5 Å². The molecule has 2 unspecified atom stereocenters. The zero-order valence-corrected chi connectivity index (χ0v) is 17.0. The van der Waals surface area contributed by atoms with Crippen molar-refractivity contribution in [3.8, 4) is 0 Å². The minimum Gasteiger partial charge on any atom is -0.377 e. The van der Waals surface area contributed by atoms with E-state index in [0.717, 1.165) is 12.1 Å². The first-order valence-corrected chi connectivity index (χ1v) is 11.1. The van der Waals surface area contributed by atoms with Gasteiger partial charge in [0.1, 0.15) is 16.9 Å². The summed E-state index contributed by atoms with van der Waals surface area (Å²) in [6.07, 6.45) is 1.14. The van der Waals surface area contributed by atoms with Gasteiger partial charge in [-0.1, -0.05) is 30.3 Å². The van der Waals surface area contributed by atoms with E-state index in [1.54, 1.807) is 31.2 Å². The molecule has 0 spiro atoms. The average Bonchev–Trinajstić information content (AvgIpc) is 2.66. The van der Waals surface area contributed by atoms with Crippen molar-refractivity contribution < 1.29 is 21.9 Å². The van der Waals surface area contributed by atoms with Gasteiger partial charge in [-0.2, -0.15) is 4.31 Å². The van der Waals surface area contributed by atoms with Crippen LogP contribution in [-0.2, 0) is 26.8 Å². The highest BCUT2D eigenvalue weighted by Crippen LogP contribution is 2.38. The second-order valence-electron chi connectivity index (χ2n) is 7.99. The normalized spacial score (nSPS) is 26.1. The third kappa shape index (κ3) is 3.59. The van der Waals surface area contributed by atoms with E-state index in [1.165, 1.54) is 4.31 Å². The van der Waals surface area contributed by atoms with Crippen molar-refractivity contribution in [3.05, 3.63) is 70.8 Å². The van der Waals surface area contributed by atoms with Crippen LogP contribution in [0.25, 0.3) is 0 Å². The molecule has 5 nitrogen and oxygen atoms in total. The first-order chi connectivity index (χ1) is 13.7. The van der Waals surface area contributed by atoms with Gasteiger partial charge in [0.2, 0.25) is 10.0 Å². The van der Waals surface area contributed by atoms with Crippen LogP contribution in [0.15, 0.2) is 42.5 Å². The van der Waals surface area contributed by atoms with Crippen LogP contribution in [0.5, 0.6) is 0 Å². The second-order valence-corrected chi connectivity index (χ2v) is 10.1. The van der Waals surface area contributed by atoms with E-state index in [9.17, 15) is 17.2 Å². The molecule has 0 aromatic heterocycles. The number of rotatable bonds is 4. The summed E-state index contributed by atoms with van der Waals surface area (Å²) < 4.78 is 62.3. The van der Waals surface area contributed by atoms with Crippen LogP contribution >= 0.6 is 0 Å². The van der Waals surface area contributed by atoms with Gasteiger partial charge in [0.25, 0.3) is 0 Å². The maximum Gasteiger partial charge on any atom is 0.221 e. The van der Waals surface area contributed by atoms with Crippen molar-refractivity contribution in [2.45, 2.75) is 43.1 Å². The molecular formula is C21H24F2N2O3S. The van der Waals surface area contributed by atoms with E-state index in [4.69, 9.17) is 10.5 Å². The van der Waals surface area contributed by atoms with E-state index in [2.05, 4.69) is 0 Å². The fraction of sp³-hybridized carbons (Fsp3) is 0.429. The third-order valence-electron chi connectivity index (χ3n) is 5.91. The number of ether oxygens (including phenoxy) is 1. The molecule has 0 bridgehead atoms. The minimum absolute atomic E-state index is 0.000714. The Hall–Kier alpha value is -1.87. The van der Waals surface area contributed by atoms with Crippen molar-refractivity contribution in [3.63, 3.8) is 0 Å². The van der Waals surface area contributed by atoms with Gasteiger partial charge in [0.05, 0.1) is 18.8 Å². The fourth-order valence-corrected chi connectivity index (χ4v) is 6.28. The summed E-state index contributed by atoms with van der Waals surface area (Å²) in [6, 6.07) is 10.8. The molecule has 2 aliphatic heterocycles. The topological polar surface area (TPSA) is 72.6 Å². The van der Waals surface area contributed by atoms with Gasteiger partial charge in [-0.15, -0.1) is 0 Å². The number of hydrogen-bond donors (Lipinski definition) is 1. The zero-order valence-electron chi connectivity index (χ0n) is 16.1. The molecule has 4 rings (SSSR count). The Labute approximate surface area is 169 Å². The van der Waals surface area contributed by atoms with Crippen molar-refractivity contribution in [1.82, 2.24) is 4.31 Å². The largest absolute Gasteiger partial charge is 0.377 e. The molecule has 2 aromatic carbocycles. The molecular weight excluding hydrogens is 398 g/mol. The van der Waals surface area contributed by atoms with Crippen LogP contribution in [0.1, 0.15) is 41.7 Å². The van der Waals surface area contributed by atoms with Crippen LogP contribution in [-0.4, -0.2) is 32.0 Å². The molecule has 2 atom stereocenters. The van der Waals surface area contributed by atoms with Gasteiger partial charge in [0, 0.05) is 23.7 Å². The average molecular weight is 422 g/mol. The Morgan fingerprint density at radius 1 is 1.14 bits per heavy atom. The number of sulfonamides is 1. The summed E-state index contributed by atoms with van der Waals surface area (Å²) >= 11 is 0. The van der Waals surface area contributed by atoms with E-state index < -0.39 is 32.4 Å². The highest BCUT2D eigenvalue weighted by molar-refractivity contribution is 7.89. The smallest absolute Gasteiger partial charge is 0.221 e. The van der Waals surface area contributed by atoms with E-state index in [0.29, 0.717) is 18.4 Å². The van der Waals surface area contributed by atoms with Crippen LogP contribution in [0.2, 0.25) is 0 Å². The molecule has 0 saturated carbocycles. The molecule has 2 fully saturated rings. The lowest BCUT2D eigenvalue weighted by molar-refractivity contribution is -0.0586. The van der Waals surface area contributed by atoms with E-state index in [1.807, 2.05) is 6.07 Å². The number of hydrogen-bond acceptors (Lipinski definition) is 4. The Bertz CT molecular complexity index is 1010. The van der Waals surface area contributed by atoms with Crippen molar-refractivity contribution in [2.75, 3.05) is 13.2 Å². The van der Waals surface area contributed by atoms with Crippen LogP contribution in [0, 0.1) is 11.6 Å². The second kappa shape index (κ2) is 7.43. The number of nitrogens with two attached hydrogens (primary N) is 1. The van der Waals surface area contributed by atoms with Crippen molar-refractivity contribution >= 4 is 10.0 Å². The third-order valence-corrected chi connectivity index (χ3v) is 8.28. The summed E-state index contributed by atoms with van der Waals surface area (Å²) in [4.78, 5) is 0. The molecule has 2 saturated heterocycles. The highest BCUT2D eigenvalue weighted by atomic mass is 32.2. The summed E-state index contributed by atoms with van der Waals surface area (Å²) in [6.45, 7) is 1.82. The summed E-state index contributed by atoms with van der Waals surface area (Å²) in [5, 5.41) is -0.688. The molecule has 0 radical (unpaired) electrons. The number of halogens is 2. The lowest BCUT2D eigenvalue weighted by Crippen LogP contribution is -2.54. The molecule has 2 aromatic rings. The molecule has 2 aliphatic rings. The predicted molar refractivity (Wildman–Crippen MR) is 105 cm³/mol.